The summed E-state index contributed by atoms with van der Waals surface area (Å²) in [5, 5.41) is 26.0. The fourth-order valence-electron chi connectivity index (χ4n) is 3.35. The summed E-state index contributed by atoms with van der Waals surface area (Å²) in [7, 11) is 0. The number of ether oxygens (including phenoxy) is 1. The first-order valence-electron chi connectivity index (χ1n) is 10.0. The van der Waals surface area contributed by atoms with Gasteiger partial charge in [-0.15, -0.1) is 0 Å². The lowest BCUT2D eigenvalue weighted by atomic mass is 10.2. The number of aromatic nitrogens is 4. The molecule has 0 amide bonds. The van der Waals surface area contributed by atoms with Gasteiger partial charge in [-0.05, 0) is 30.2 Å². The molecule has 0 saturated heterocycles. The number of nitro benzene ring substituents is 1. The Bertz CT molecular complexity index is 1310. The van der Waals surface area contributed by atoms with E-state index in [0.29, 0.717) is 5.75 Å². The van der Waals surface area contributed by atoms with Crippen molar-refractivity contribution in [1.29, 1.82) is 0 Å². The number of fused-ring (bicyclic) bond motifs is 1. The molecule has 1 N–H and O–H groups in total. The van der Waals surface area contributed by atoms with E-state index in [0.717, 1.165) is 6.42 Å². The predicted molar refractivity (Wildman–Crippen MR) is 117 cm³/mol. The lowest BCUT2D eigenvalue weighted by Gasteiger charge is -2.14. The van der Waals surface area contributed by atoms with Gasteiger partial charge in [-0.2, -0.15) is 5.10 Å². The van der Waals surface area contributed by atoms with E-state index < -0.39 is 16.6 Å². The van der Waals surface area contributed by atoms with Gasteiger partial charge >= 0.3 is 0 Å². The monoisotopic (exact) mass is 435 g/mol. The van der Waals surface area contributed by atoms with Gasteiger partial charge in [0.25, 0.3) is 11.2 Å². The first-order valence-corrected chi connectivity index (χ1v) is 10.0. The Morgan fingerprint density at radius 3 is 2.66 bits per heavy atom. The summed E-state index contributed by atoms with van der Waals surface area (Å²) in [5.41, 5.74) is 1.03. The Kier molecular flexibility index (Phi) is 5.95. The van der Waals surface area contributed by atoms with E-state index in [4.69, 9.17) is 4.74 Å². The largest absolute Gasteiger partial charge is 0.491 e. The summed E-state index contributed by atoms with van der Waals surface area (Å²) in [6.45, 7) is 2.05. The molecule has 2 aromatic carbocycles. The lowest BCUT2D eigenvalue weighted by Crippen LogP contribution is -2.30. The first kappa shape index (κ1) is 21.2. The van der Waals surface area contributed by atoms with E-state index in [9.17, 15) is 20.0 Å². The second-order valence-corrected chi connectivity index (χ2v) is 7.20. The Hall–Kier alpha value is -4.05. The van der Waals surface area contributed by atoms with Crippen molar-refractivity contribution in [3.63, 3.8) is 0 Å². The van der Waals surface area contributed by atoms with Gasteiger partial charge in [-0.3, -0.25) is 19.5 Å². The normalized spacial score (nSPS) is 12.1. The summed E-state index contributed by atoms with van der Waals surface area (Å²) in [5.74, 6) is 0.632. The molecule has 0 aliphatic carbocycles. The highest BCUT2D eigenvalue weighted by Gasteiger charge is 2.19. The van der Waals surface area contributed by atoms with Crippen molar-refractivity contribution in [2.75, 3.05) is 6.61 Å². The van der Waals surface area contributed by atoms with Gasteiger partial charge in [0, 0.05) is 6.07 Å². The molecule has 10 heteroatoms. The van der Waals surface area contributed by atoms with Crippen LogP contribution in [0.15, 0.2) is 65.8 Å². The third kappa shape index (κ3) is 4.21. The summed E-state index contributed by atoms with van der Waals surface area (Å²) in [6, 6.07) is 13.7. The summed E-state index contributed by atoms with van der Waals surface area (Å²) in [4.78, 5) is 27.9. The van der Waals surface area contributed by atoms with Crippen molar-refractivity contribution in [3.05, 3.63) is 87.1 Å². The molecule has 10 nitrogen and oxygen atoms in total. The molecule has 0 radical (unpaired) electrons. The summed E-state index contributed by atoms with van der Waals surface area (Å²) in [6.07, 6.45) is 2.59. The minimum atomic E-state index is -0.942. The number of para-hydroxylation sites is 2. The van der Waals surface area contributed by atoms with Crippen LogP contribution in [0.25, 0.3) is 16.7 Å². The molecule has 2 aromatic heterocycles. The van der Waals surface area contributed by atoms with Crippen LogP contribution in [0.1, 0.15) is 12.5 Å². The number of benzene rings is 2. The van der Waals surface area contributed by atoms with E-state index >= 15 is 0 Å². The Morgan fingerprint density at radius 1 is 1.19 bits per heavy atom. The van der Waals surface area contributed by atoms with E-state index in [-0.39, 0.29) is 35.6 Å². The molecule has 2 heterocycles. The number of hydrogen-bond donors (Lipinski definition) is 1. The van der Waals surface area contributed by atoms with Crippen molar-refractivity contribution >= 4 is 16.7 Å². The topological polar surface area (TPSA) is 125 Å². The molecular formula is C22H21N5O5. The molecule has 0 unspecified atom stereocenters. The quantitative estimate of drug-likeness (QED) is 0.333. The van der Waals surface area contributed by atoms with E-state index in [2.05, 4.69) is 17.0 Å². The van der Waals surface area contributed by atoms with E-state index in [1.165, 1.54) is 39.5 Å². The van der Waals surface area contributed by atoms with Gasteiger partial charge in [0.05, 0.1) is 17.7 Å². The predicted octanol–water partition coefficient (Wildman–Crippen LogP) is 2.49. The number of aryl methyl sites for hydroxylation is 1. The molecule has 4 aromatic rings. The smallest absolute Gasteiger partial charge is 0.294 e. The van der Waals surface area contributed by atoms with Gasteiger partial charge in [-0.25, -0.2) is 9.67 Å². The molecule has 1 atom stereocenters. The third-order valence-electron chi connectivity index (χ3n) is 5.04. The van der Waals surface area contributed by atoms with Crippen LogP contribution in [0.4, 0.5) is 5.69 Å². The van der Waals surface area contributed by atoms with Gasteiger partial charge in [0.1, 0.15) is 35.9 Å². The highest BCUT2D eigenvalue weighted by molar-refractivity contribution is 5.76. The molecule has 0 spiro atoms. The van der Waals surface area contributed by atoms with Crippen molar-refractivity contribution in [1.82, 2.24) is 19.3 Å². The molecule has 0 aliphatic heterocycles. The zero-order valence-electron chi connectivity index (χ0n) is 17.3. The average Bonchev–Trinajstić information content (AvgIpc) is 3.24. The molecule has 0 aliphatic rings. The number of aliphatic hydroxyl groups is 1. The van der Waals surface area contributed by atoms with E-state index in [1.54, 1.807) is 12.1 Å². The minimum Gasteiger partial charge on any atom is -0.491 e. The van der Waals surface area contributed by atoms with Crippen molar-refractivity contribution < 1.29 is 14.8 Å². The van der Waals surface area contributed by atoms with Crippen LogP contribution in [0.2, 0.25) is 0 Å². The van der Waals surface area contributed by atoms with Crippen LogP contribution >= 0.6 is 0 Å². The average molecular weight is 435 g/mol. The van der Waals surface area contributed by atoms with Crippen LogP contribution < -0.4 is 10.3 Å². The molecule has 32 heavy (non-hydrogen) atoms. The highest BCUT2D eigenvalue weighted by atomic mass is 16.6. The number of nitrogens with zero attached hydrogens (tertiary/aromatic N) is 5. The second kappa shape index (κ2) is 8.98. The maximum Gasteiger partial charge on any atom is 0.294 e. The standard InChI is InChI=1S/C22H21N5O5/c1-2-15-7-9-17(10-8-15)32-13-16(28)12-25-14-23-21-18(22(25)29)11-24-26(21)19-5-3-4-6-20(19)27(30)31/h3-11,14,16,28H,2,12-13H2,1H3/t16-/m0/s1. The number of rotatable bonds is 8. The van der Waals surface area contributed by atoms with Crippen LogP contribution in [0, 0.1) is 10.1 Å². The lowest BCUT2D eigenvalue weighted by molar-refractivity contribution is -0.384. The fraction of sp³-hybridized carbons (Fsp3) is 0.227. The van der Waals surface area contributed by atoms with Crippen molar-refractivity contribution in [3.8, 4) is 11.4 Å². The van der Waals surface area contributed by atoms with Crippen LogP contribution in [-0.4, -0.2) is 42.1 Å². The van der Waals surface area contributed by atoms with Crippen molar-refractivity contribution in [2.24, 2.45) is 0 Å². The van der Waals surface area contributed by atoms with Crippen molar-refractivity contribution in [2.45, 2.75) is 26.0 Å². The second-order valence-electron chi connectivity index (χ2n) is 7.20. The van der Waals surface area contributed by atoms with Gasteiger partial charge in [-0.1, -0.05) is 31.2 Å². The maximum absolute atomic E-state index is 12.9. The van der Waals surface area contributed by atoms with Crippen LogP contribution in [-0.2, 0) is 13.0 Å². The zero-order valence-corrected chi connectivity index (χ0v) is 17.3. The molecule has 0 fully saturated rings. The summed E-state index contributed by atoms with van der Waals surface area (Å²) < 4.78 is 8.13. The third-order valence-corrected chi connectivity index (χ3v) is 5.04. The molecule has 0 bridgehead atoms. The summed E-state index contributed by atoms with van der Waals surface area (Å²) >= 11 is 0. The maximum atomic E-state index is 12.9. The Labute approximate surface area is 182 Å². The molecule has 4 rings (SSSR count). The zero-order chi connectivity index (χ0) is 22.7. The van der Waals surface area contributed by atoms with Gasteiger partial charge in [0.15, 0.2) is 5.65 Å². The molecular weight excluding hydrogens is 414 g/mol. The fourth-order valence-corrected chi connectivity index (χ4v) is 3.35. The van der Waals surface area contributed by atoms with E-state index in [1.807, 2.05) is 24.3 Å². The van der Waals surface area contributed by atoms with Gasteiger partial charge < -0.3 is 9.84 Å². The number of nitro groups is 1. The molecule has 164 valence electrons. The van der Waals surface area contributed by atoms with Gasteiger partial charge in [0.2, 0.25) is 0 Å². The minimum absolute atomic E-state index is 0.00538. The Balaban J connectivity index is 1.53. The van der Waals surface area contributed by atoms with Crippen LogP contribution in [0.5, 0.6) is 5.75 Å². The number of aliphatic hydroxyl groups excluding tert-OH is 1. The molecule has 0 saturated carbocycles. The SMILES string of the molecule is CCc1ccc(OC[C@@H](O)Cn2cnc3c(cnn3-c3ccccc3[N+](=O)[O-])c2=O)cc1. The highest BCUT2D eigenvalue weighted by Crippen LogP contribution is 2.23. The van der Waals surface area contributed by atoms with Crippen LogP contribution in [0.3, 0.4) is 0 Å². The first-order chi connectivity index (χ1) is 15.5. The Morgan fingerprint density at radius 2 is 1.94 bits per heavy atom. The number of hydrogen-bond acceptors (Lipinski definition) is 7.